The zero-order valence-electron chi connectivity index (χ0n) is 19.7. The largest absolute Gasteiger partial charge is 0.411 e. The van der Waals surface area contributed by atoms with Crippen LogP contribution >= 0.6 is 0 Å². The van der Waals surface area contributed by atoms with Crippen molar-refractivity contribution in [2.75, 3.05) is 46.3 Å². The van der Waals surface area contributed by atoms with E-state index in [2.05, 4.69) is 53.7 Å². The third-order valence-electron chi connectivity index (χ3n) is 3.79. The van der Waals surface area contributed by atoms with Crippen LogP contribution in [0, 0.1) is 5.41 Å². The number of nitrogens with one attached hydrogen (secondary N) is 4. The van der Waals surface area contributed by atoms with Crippen molar-refractivity contribution in [2.45, 2.75) is 73.9 Å². The van der Waals surface area contributed by atoms with Gasteiger partial charge in [-0.05, 0) is 41.7 Å². The molecule has 0 saturated heterocycles. The van der Waals surface area contributed by atoms with Crippen molar-refractivity contribution in [3.05, 3.63) is 0 Å². The van der Waals surface area contributed by atoms with Crippen molar-refractivity contribution in [1.82, 2.24) is 20.9 Å². The van der Waals surface area contributed by atoms with Crippen LogP contribution in [0.2, 0.25) is 0 Å². The number of oxime groups is 1. The molecule has 0 spiro atoms. The summed E-state index contributed by atoms with van der Waals surface area (Å²) in [5.41, 5.74) is 1.16. The molecule has 0 heterocycles. The summed E-state index contributed by atoms with van der Waals surface area (Å²) in [4.78, 5) is 2.45. The minimum absolute atomic E-state index is 0.204. The van der Waals surface area contributed by atoms with Crippen molar-refractivity contribution in [3.8, 4) is 0 Å². The average molecular weight is 389 g/mol. The van der Waals surface area contributed by atoms with Gasteiger partial charge in [0, 0.05) is 51.0 Å². The molecule has 0 atom stereocenters. The van der Waals surface area contributed by atoms with Gasteiger partial charge in [0.2, 0.25) is 0 Å². The van der Waals surface area contributed by atoms with E-state index in [1.807, 2.05) is 27.8 Å². The van der Waals surface area contributed by atoms with Crippen molar-refractivity contribution >= 4 is 11.4 Å². The zero-order chi connectivity index (χ0) is 21.9. The van der Waals surface area contributed by atoms with Crippen LogP contribution in [0.15, 0.2) is 5.16 Å². The summed E-state index contributed by atoms with van der Waals surface area (Å²) in [7, 11) is 1.99. The predicted molar refractivity (Wildman–Crippen MR) is 121 cm³/mol. The highest BCUT2D eigenvalue weighted by molar-refractivity contribution is 5.87. The van der Waals surface area contributed by atoms with Crippen LogP contribution in [0.25, 0.3) is 0 Å². The Hall–Kier alpha value is -1.02. The lowest BCUT2D eigenvalue weighted by Crippen LogP contribution is -2.49. The Bertz CT molecular complexity index is 365. The molecule has 7 nitrogen and oxygen atoms in total. The van der Waals surface area contributed by atoms with Crippen LogP contribution in [0.4, 0.5) is 0 Å². The molecule has 0 bridgehead atoms. The second-order valence-corrected chi connectivity index (χ2v) is 7.28. The summed E-state index contributed by atoms with van der Waals surface area (Å²) < 4.78 is 0. The van der Waals surface area contributed by atoms with E-state index in [1.165, 1.54) is 0 Å². The van der Waals surface area contributed by atoms with Gasteiger partial charge in [-0.15, -0.1) is 0 Å². The first-order chi connectivity index (χ1) is 12.6. The van der Waals surface area contributed by atoms with Crippen LogP contribution in [-0.2, 0) is 0 Å². The molecule has 0 aliphatic heterocycles. The van der Waals surface area contributed by atoms with E-state index in [4.69, 9.17) is 10.6 Å². The van der Waals surface area contributed by atoms with Gasteiger partial charge in [0.25, 0.3) is 0 Å². The number of hydrogen-bond acceptors (Lipinski definition) is 7. The summed E-state index contributed by atoms with van der Waals surface area (Å²) in [5.74, 6) is 0. The van der Waals surface area contributed by atoms with Crippen LogP contribution in [0.5, 0.6) is 0 Å². The quantitative estimate of drug-likeness (QED) is 0.201. The summed E-state index contributed by atoms with van der Waals surface area (Å²) in [6.45, 7) is 23.9. The molecule has 0 amide bonds. The van der Waals surface area contributed by atoms with E-state index in [-0.39, 0.29) is 5.54 Å². The second kappa shape index (κ2) is 19.7. The van der Waals surface area contributed by atoms with Gasteiger partial charge in [0.05, 0.1) is 11.3 Å². The summed E-state index contributed by atoms with van der Waals surface area (Å²) >= 11 is 0. The molecule has 0 aromatic carbocycles. The van der Waals surface area contributed by atoms with E-state index in [1.54, 1.807) is 13.8 Å². The lowest BCUT2D eigenvalue weighted by molar-refractivity contribution is 0.265. The smallest absolute Gasteiger partial charge is 0.0509 e. The van der Waals surface area contributed by atoms with E-state index in [9.17, 15) is 0 Å². The van der Waals surface area contributed by atoms with Gasteiger partial charge in [0.1, 0.15) is 0 Å². The number of rotatable bonds is 12. The highest BCUT2D eigenvalue weighted by Crippen LogP contribution is 2.02. The lowest BCUT2D eigenvalue weighted by Gasteiger charge is -2.28. The van der Waals surface area contributed by atoms with Crippen molar-refractivity contribution in [2.24, 2.45) is 5.16 Å². The van der Waals surface area contributed by atoms with Gasteiger partial charge in [-0.1, -0.05) is 32.9 Å². The molecule has 0 saturated carbocycles. The molecule has 0 aromatic heterocycles. The van der Waals surface area contributed by atoms with Gasteiger partial charge in [0.15, 0.2) is 0 Å². The van der Waals surface area contributed by atoms with E-state index < -0.39 is 0 Å². The molecule has 0 aliphatic rings. The maximum absolute atomic E-state index is 7.76. The highest BCUT2D eigenvalue weighted by atomic mass is 16.4. The van der Waals surface area contributed by atoms with Gasteiger partial charge >= 0.3 is 0 Å². The Morgan fingerprint density at radius 2 is 1.48 bits per heavy atom. The summed E-state index contributed by atoms with van der Waals surface area (Å²) in [5, 5.41) is 28.4. The first kappa shape index (κ1) is 30.7. The van der Waals surface area contributed by atoms with Crippen LogP contribution in [-0.4, -0.2) is 79.4 Å². The molecule has 0 aromatic rings. The molecule has 7 heteroatoms. The first-order valence-corrected chi connectivity index (χ1v) is 10.1. The Balaban J connectivity index is -0.000000705. The van der Waals surface area contributed by atoms with Gasteiger partial charge in [-0.3, -0.25) is 4.90 Å². The number of likely N-dealkylation sites (N-methyl/N-ethyl adjacent to an activating group) is 1. The molecular formula is C20H48N6O. The summed E-state index contributed by atoms with van der Waals surface area (Å²) in [6, 6.07) is 0.541. The minimum Gasteiger partial charge on any atom is -0.411 e. The van der Waals surface area contributed by atoms with E-state index in [0.29, 0.717) is 17.5 Å². The minimum atomic E-state index is -0.204. The highest BCUT2D eigenvalue weighted by Gasteiger charge is 2.19. The van der Waals surface area contributed by atoms with E-state index in [0.717, 1.165) is 39.3 Å². The molecule has 0 rings (SSSR count). The molecule has 0 radical (unpaired) electrons. The molecule has 5 N–H and O–H groups in total. The second-order valence-electron chi connectivity index (χ2n) is 7.28. The average Bonchev–Trinajstić information content (AvgIpc) is 2.60. The van der Waals surface area contributed by atoms with Crippen LogP contribution in [0.3, 0.4) is 0 Å². The van der Waals surface area contributed by atoms with Crippen molar-refractivity contribution in [3.63, 3.8) is 0 Å². The lowest BCUT2D eigenvalue weighted by atomic mass is 10.00. The van der Waals surface area contributed by atoms with Crippen LogP contribution < -0.4 is 16.0 Å². The maximum Gasteiger partial charge on any atom is 0.0509 e. The Kier molecular flexibility index (Phi) is 22.4. The Morgan fingerprint density at radius 1 is 1.04 bits per heavy atom. The summed E-state index contributed by atoms with van der Waals surface area (Å²) in [6.07, 6.45) is 0. The topological polar surface area (TPSA) is 95.8 Å². The van der Waals surface area contributed by atoms with Crippen molar-refractivity contribution < 1.29 is 5.21 Å². The number of hydrogen-bond donors (Lipinski definition) is 5. The predicted octanol–water partition coefficient (Wildman–Crippen LogP) is 2.80. The SMILES string of the molecule is CC.CC(C)=NO.CNCCN(CCNC(C)C)CCNC(C)(C)C(C)=N. The molecule has 27 heavy (non-hydrogen) atoms. The standard InChI is InChI=1S/C15H35N5.C3H7NO.C2H6/c1-13(2)18-8-11-20(10-7-17-6)12-9-19-15(4,5)14(3)16;1-3(2)4-5;1-2/h13,16-19H,7-12H2,1-6H3;5H,1-2H3;1-2H3. The van der Waals surface area contributed by atoms with Gasteiger partial charge in [-0.25, -0.2) is 0 Å². The van der Waals surface area contributed by atoms with Crippen LogP contribution in [0.1, 0.15) is 62.3 Å². The first-order valence-electron chi connectivity index (χ1n) is 10.1. The molecule has 164 valence electrons. The molecule has 0 aliphatic carbocycles. The third-order valence-corrected chi connectivity index (χ3v) is 3.79. The fourth-order valence-corrected chi connectivity index (χ4v) is 1.78. The monoisotopic (exact) mass is 388 g/mol. The number of nitrogens with zero attached hydrogens (tertiary/aromatic N) is 2. The Labute approximate surface area is 168 Å². The fraction of sp³-hybridized carbons (Fsp3) is 0.900. The molecule has 0 unspecified atom stereocenters. The fourth-order valence-electron chi connectivity index (χ4n) is 1.78. The van der Waals surface area contributed by atoms with Gasteiger partial charge < -0.3 is 26.6 Å². The van der Waals surface area contributed by atoms with E-state index >= 15 is 0 Å². The molecular weight excluding hydrogens is 340 g/mol. The maximum atomic E-state index is 7.76. The normalized spacial score (nSPS) is 10.7. The van der Waals surface area contributed by atoms with Gasteiger partial charge in [-0.2, -0.15) is 0 Å². The zero-order valence-corrected chi connectivity index (χ0v) is 19.7. The Morgan fingerprint density at radius 3 is 1.85 bits per heavy atom. The third kappa shape index (κ3) is 22.9. The molecule has 0 fully saturated rings. The van der Waals surface area contributed by atoms with Crippen molar-refractivity contribution in [1.29, 1.82) is 5.41 Å².